The first kappa shape index (κ1) is 11.5. The van der Waals surface area contributed by atoms with Crippen LogP contribution in [0.5, 0.6) is 5.75 Å². The third-order valence-electron chi connectivity index (χ3n) is 4.09. The summed E-state index contributed by atoms with van der Waals surface area (Å²) in [7, 11) is 3.05. The average molecular weight is 248 g/mol. The van der Waals surface area contributed by atoms with Crippen LogP contribution >= 0.6 is 0 Å². The highest BCUT2D eigenvalue weighted by Crippen LogP contribution is 2.66. The lowest BCUT2D eigenvalue weighted by Crippen LogP contribution is -2.29. The van der Waals surface area contributed by atoms with Crippen molar-refractivity contribution in [3.8, 4) is 5.75 Å². The molecule has 1 heterocycles. The van der Waals surface area contributed by atoms with Crippen LogP contribution in [0.25, 0.3) is 0 Å². The van der Waals surface area contributed by atoms with Gasteiger partial charge in [-0.1, -0.05) is 12.1 Å². The van der Waals surface area contributed by atoms with Crippen LogP contribution in [0, 0.1) is 0 Å². The second-order valence-electron chi connectivity index (χ2n) is 4.83. The number of epoxide rings is 1. The van der Waals surface area contributed by atoms with Crippen molar-refractivity contribution in [1.82, 2.24) is 0 Å². The minimum Gasteiger partial charge on any atom is -0.497 e. The maximum Gasteiger partial charge on any atom is 0.341 e. The predicted molar refractivity (Wildman–Crippen MR) is 64.4 cm³/mol. The third kappa shape index (κ3) is 1.27. The van der Waals surface area contributed by atoms with Gasteiger partial charge >= 0.3 is 5.97 Å². The number of carbonyl (C=O) groups excluding carboxylic acids is 1. The maximum absolute atomic E-state index is 11.9. The van der Waals surface area contributed by atoms with Crippen molar-refractivity contribution >= 4 is 5.97 Å². The Kier molecular flexibility index (Phi) is 2.38. The number of rotatable bonds is 3. The van der Waals surface area contributed by atoms with E-state index in [1.807, 2.05) is 24.3 Å². The molecule has 1 aliphatic heterocycles. The zero-order chi connectivity index (χ0) is 12.8. The Morgan fingerprint density at radius 3 is 2.56 bits per heavy atom. The number of hydrogen-bond acceptors (Lipinski definition) is 4. The summed E-state index contributed by atoms with van der Waals surface area (Å²) >= 11 is 0. The van der Waals surface area contributed by atoms with Crippen LogP contribution in [-0.2, 0) is 19.9 Å². The summed E-state index contributed by atoms with van der Waals surface area (Å²) in [6, 6.07) is 7.72. The Balaban J connectivity index is 1.94. The summed E-state index contributed by atoms with van der Waals surface area (Å²) in [6.07, 6.45) is 2.60. The Morgan fingerprint density at radius 1 is 1.22 bits per heavy atom. The molecule has 1 aromatic rings. The summed E-state index contributed by atoms with van der Waals surface area (Å²) in [5.41, 5.74) is -0.172. The molecule has 96 valence electrons. The number of esters is 1. The average Bonchev–Trinajstić information content (AvgIpc) is 2.96. The second-order valence-corrected chi connectivity index (χ2v) is 4.83. The monoisotopic (exact) mass is 248 g/mol. The zero-order valence-corrected chi connectivity index (χ0v) is 10.6. The first-order valence-corrected chi connectivity index (χ1v) is 6.12. The number of methoxy groups -OCH3 is 2. The summed E-state index contributed by atoms with van der Waals surface area (Å²) in [4.78, 5) is 11.9. The first-order valence-electron chi connectivity index (χ1n) is 6.12. The van der Waals surface area contributed by atoms with Crippen molar-refractivity contribution in [3.63, 3.8) is 0 Å². The molecule has 4 heteroatoms. The van der Waals surface area contributed by atoms with Crippen LogP contribution in [0.3, 0.4) is 0 Å². The van der Waals surface area contributed by atoms with Crippen LogP contribution in [0.2, 0.25) is 0 Å². The Bertz CT molecular complexity index is 481. The fourth-order valence-electron chi connectivity index (χ4n) is 3.13. The number of fused-ring (bicyclic) bond motifs is 1. The Hall–Kier alpha value is -1.55. The highest BCUT2D eigenvalue weighted by atomic mass is 16.7. The van der Waals surface area contributed by atoms with E-state index in [1.54, 1.807) is 7.11 Å². The molecular weight excluding hydrogens is 232 g/mol. The van der Waals surface area contributed by atoms with Gasteiger partial charge in [0.25, 0.3) is 0 Å². The van der Waals surface area contributed by atoms with E-state index < -0.39 is 11.2 Å². The molecule has 0 bridgehead atoms. The van der Waals surface area contributed by atoms with Crippen molar-refractivity contribution in [2.24, 2.45) is 0 Å². The highest BCUT2D eigenvalue weighted by Gasteiger charge is 2.78. The van der Waals surface area contributed by atoms with Crippen LogP contribution in [0.1, 0.15) is 24.8 Å². The number of hydrogen-bond donors (Lipinski definition) is 0. The minimum absolute atomic E-state index is 0.254. The van der Waals surface area contributed by atoms with Crippen LogP contribution in [-0.4, -0.2) is 25.8 Å². The molecular formula is C14H16O4. The van der Waals surface area contributed by atoms with Gasteiger partial charge in [0.1, 0.15) is 11.4 Å². The quantitative estimate of drug-likeness (QED) is 0.606. The molecule has 0 spiro atoms. The molecule has 0 aromatic heterocycles. The normalized spacial score (nSPS) is 32.8. The van der Waals surface area contributed by atoms with E-state index in [1.165, 1.54) is 7.11 Å². The van der Waals surface area contributed by atoms with Crippen molar-refractivity contribution in [2.75, 3.05) is 14.2 Å². The van der Waals surface area contributed by atoms with E-state index >= 15 is 0 Å². The van der Waals surface area contributed by atoms with Gasteiger partial charge < -0.3 is 14.2 Å². The summed E-state index contributed by atoms with van der Waals surface area (Å²) in [5.74, 6) is 0.549. The van der Waals surface area contributed by atoms with Gasteiger partial charge in [0.2, 0.25) is 0 Å². The smallest absolute Gasteiger partial charge is 0.341 e. The van der Waals surface area contributed by atoms with Gasteiger partial charge in [-0.25, -0.2) is 4.79 Å². The van der Waals surface area contributed by atoms with Crippen LogP contribution in [0.4, 0.5) is 0 Å². The van der Waals surface area contributed by atoms with Gasteiger partial charge in [0.05, 0.1) is 14.2 Å². The predicted octanol–water partition coefficient (Wildman–Crippen LogP) is 2.02. The van der Waals surface area contributed by atoms with E-state index in [0.29, 0.717) is 0 Å². The van der Waals surface area contributed by atoms with E-state index in [9.17, 15) is 4.79 Å². The standard InChI is InChI=1S/C14H16O4/c1-16-11-6-4-10(5-7-11)13-8-3-9-14(13,18-13)12(15)17-2/h4-7H,3,8-9H2,1-2H3. The molecule has 1 saturated carbocycles. The minimum atomic E-state index is -0.740. The molecule has 1 aliphatic carbocycles. The molecule has 1 saturated heterocycles. The second kappa shape index (κ2) is 3.72. The Labute approximate surface area is 106 Å². The molecule has 2 fully saturated rings. The molecule has 2 aliphatic rings. The van der Waals surface area contributed by atoms with Crippen molar-refractivity contribution in [1.29, 1.82) is 0 Å². The summed E-state index contributed by atoms with van der Waals surface area (Å²) in [6.45, 7) is 0. The molecule has 2 unspecified atom stereocenters. The van der Waals surface area contributed by atoms with Crippen molar-refractivity contribution in [2.45, 2.75) is 30.5 Å². The topological polar surface area (TPSA) is 48.1 Å². The van der Waals surface area contributed by atoms with Gasteiger partial charge in [-0.2, -0.15) is 0 Å². The largest absolute Gasteiger partial charge is 0.497 e. The highest BCUT2D eigenvalue weighted by molar-refractivity contribution is 5.86. The number of carbonyl (C=O) groups is 1. The third-order valence-corrected chi connectivity index (χ3v) is 4.09. The molecule has 0 N–H and O–H groups in total. The van der Waals surface area contributed by atoms with Crippen molar-refractivity contribution < 1.29 is 19.0 Å². The maximum atomic E-state index is 11.9. The first-order chi connectivity index (χ1) is 8.68. The van der Waals surface area contributed by atoms with Crippen LogP contribution in [0.15, 0.2) is 24.3 Å². The molecule has 4 nitrogen and oxygen atoms in total. The van der Waals surface area contributed by atoms with Gasteiger partial charge in [-0.05, 0) is 37.0 Å². The van der Waals surface area contributed by atoms with Crippen LogP contribution < -0.4 is 4.74 Å². The molecule has 1 aromatic carbocycles. The molecule has 18 heavy (non-hydrogen) atoms. The lowest BCUT2D eigenvalue weighted by Gasteiger charge is -2.11. The van der Waals surface area contributed by atoms with Gasteiger partial charge in [-0.15, -0.1) is 0 Å². The Morgan fingerprint density at radius 2 is 1.94 bits per heavy atom. The lowest BCUT2D eigenvalue weighted by atomic mass is 9.89. The van der Waals surface area contributed by atoms with E-state index in [-0.39, 0.29) is 5.97 Å². The van der Waals surface area contributed by atoms with E-state index in [2.05, 4.69) is 0 Å². The van der Waals surface area contributed by atoms with Gasteiger partial charge in [0.15, 0.2) is 5.60 Å². The summed E-state index contributed by atoms with van der Waals surface area (Å²) < 4.78 is 15.8. The van der Waals surface area contributed by atoms with E-state index in [4.69, 9.17) is 14.2 Å². The van der Waals surface area contributed by atoms with Gasteiger partial charge in [0, 0.05) is 0 Å². The van der Waals surface area contributed by atoms with Gasteiger partial charge in [-0.3, -0.25) is 0 Å². The molecule has 0 amide bonds. The fourth-order valence-corrected chi connectivity index (χ4v) is 3.13. The van der Waals surface area contributed by atoms with Crippen molar-refractivity contribution in [3.05, 3.63) is 29.8 Å². The fraction of sp³-hybridized carbons (Fsp3) is 0.500. The molecule has 2 atom stereocenters. The summed E-state index contributed by atoms with van der Waals surface area (Å²) in [5, 5.41) is 0. The lowest BCUT2D eigenvalue weighted by molar-refractivity contribution is -0.147. The SMILES string of the molecule is COC(=O)C12CCCC1(c1ccc(OC)cc1)O2. The number of ether oxygens (including phenoxy) is 3. The molecule has 3 rings (SSSR count). The van der Waals surface area contributed by atoms with E-state index in [0.717, 1.165) is 30.6 Å². The zero-order valence-electron chi connectivity index (χ0n) is 10.6. The molecule has 0 radical (unpaired) electrons. The number of benzene rings is 1.